The van der Waals surface area contributed by atoms with Crippen molar-refractivity contribution in [2.75, 3.05) is 0 Å². The highest BCUT2D eigenvalue weighted by molar-refractivity contribution is 9.10. The van der Waals surface area contributed by atoms with Gasteiger partial charge < -0.3 is 5.32 Å². The zero-order valence-electron chi connectivity index (χ0n) is 9.89. The summed E-state index contributed by atoms with van der Waals surface area (Å²) in [6.07, 6.45) is 0. The molecule has 1 N–H and O–H groups in total. The maximum atomic E-state index is 13.5. The molecule has 0 amide bonds. The minimum atomic E-state index is -0.449. The van der Waals surface area contributed by atoms with E-state index in [0.717, 1.165) is 4.47 Å². The zero-order chi connectivity index (χ0) is 13.8. The molecule has 2 aromatic carbocycles. The summed E-state index contributed by atoms with van der Waals surface area (Å²) in [6.45, 7) is 0.723. The fourth-order valence-electron chi connectivity index (χ4n) is 1.70. The molecule has 19 heavy (non-hydrogen) atoms. The van der Waals surface area contributed by atoms with E-state index in [4.69, 9.17) is 11.6 Å². The molecule has 0 aliphatic heterocycles. The van der Waals surface area contributed by atoms with Gasteiger partial charge in [-0.2, -0.15) is 0 Å². The van der Waals surface area contributed by atoms with Gasteiger partial charge in [0.1, 0.15) is 11.6 Å². The van der Waals surface area contributed by atoms with E-state index in [2.05, 4.69) is 21.2 Å². The normalized spacial score (nSPS) is 10.7. The van der Waals surface area contributed by atoms with Crippen LogP contribution in [0.1, 0.15) is 11.1 Å². The minimum absolute atomic E-state index is 0.102. The van der Waals surface area contributed by atoms with Gasteiger partial charge in [-0.05, 0) is 29.8 Å². The molecule has 0 aliphatic rings. The van der Waals surface area contributed by atoms with Crippen LogP contribution in [0.2, 0.25) is 5.02 Å². The second kappa shape index (κ2) is 6.46. The molecule has 100 valence electrons. The molecule has 0 bridgehead atoms. The predicted molar refractivity (Wildman–Crippen MR) is 76.1 cm³/mol. The van der Waals surface area contributed by atoms with Crippen molar-refractivity contribution in [3.05, 3.63) is 68.7 Å². The molecule has 0 heterocycles. The van der Waals surface area contributed by atoms with Crippen LogP contribution in [0.5, 0.6) is 0 Å². The average Bonchev–Trinajstić information content (AvgIpc) is 2.38. The lowest BCUT2D eigenvalue weighted by Crippen LogP contribution is -2.14. The first kappa shape index (κ1) is 14.4. The van der Waals surface area contributed by atoms with Gasteiger partial charge in [-0.25, -0.2) is 8.78 Å². The molecule has 2 rings (SSSR count). The van der Waals surface area contributed by atoms with E-state index in [1.165, 1.54) is 12.1 Å². The molecule has 0 spiro atoms. The predicted octanol–water partition coefficient (Wildman–Crippen LogP) is 4.67. The standard InChI is InChI=1S/C14H11BrClF2N/c15-11-4-5-12(17)10(6-11)8-19-7-9-2-1-3-13(18)14(9)16/h1-6,19H,7-8H2. The number of benzene rings is 2. The Morgan fingerprint density at radius 2 is 1.74 bits per heavy atom. The smallest absolute Gasteiger partial charge is 0.142 e. The van der Waals surface area contributed by atoms with Crippen molar-refractivity contribution < 1.29 is 8.78 Å². The molecule has 5 heteroatoms. The van der Waals surface area contributed by atoms with Crippen LogP contribution in [0.25, 0.3) is 0 Å². The highest BCUT2D eigenvalue weighted by atomic mass is 79.9. The first-order valence-electron chi connectivity index (χ1n) is 5.65. The SMILES string of the molecule is Fc1ccc(Br)cc1CNCc1cccc(F)c1Cl. The first-order chi connectivity index (χ1) is 9.08. The van der Waals surface area contributed by atoms with E-state index in [9.17, 15) is 8.78 Å². The Balaban J connectivity index is 2.00. The summed E-state index contributed by atoms with van der Waals surface area (Å²) < 4.78 is 27.5. The Morgan fingerprint density at radius 1 is 1.00 bits per heavy atom. The first-order valence-corrected chi connectivity index (χ1v) is 6.82. The summed E-state index contributed by atoms with van der Waals surface area (Å²) in [5.74, 6) is -0.726. The van der Waals surface area contributed by atoms with Crippen LogP contribution in [0.3, 0.4) is 0 Å². The van der Waals surface area contributed by atoms with Gasteiger partial charge in [0.2, 0.25) is 0 Å². The Morgan fingerprint density at radius 3 is 2.53 bits per heavy atom. The second-order valence-electron chi connectivity index (χ2n) is 4.05. The third-order valence-electron chi connectivity index (χ3n) is 2.67. The minimum Gasteiger partial charge on any atom is -0.308 e. The van der Waals surface area contributed by atoms with Gasteiger partial charge in [-0.15, -0.1) is 0 Å². The van der Waals surface area contributed by atoms with Gasteiger partial charge in [0.15, 0.2) is 0 Å². The largest absolute Gasteiger partial charge is 0.308 e. The Kier molecular flexibility index (Phi) is 4.91. The third kappa shape index (κ3) is 3.75. The van der Waals surface area contributed by atoms with Crippen LogP contribution < -0.4 is 5.32 Å². The fraction of sp³-hybridized carbons (Fsp3) is 0.143. The van der Waals surface area contributed by atoms with Crippen LogP contribution in [0.4, 0.5) is 8.78 Å². The molecule has 1 nitrogen and oxygen atoms in total. The Bertz CT molecular complexity index is 588. The Labute approximate surface area is 123 Å². The molecule has 0 aromatic heterocycles. The number of hydrogen-bond acceptors (Lipinski definition) is 1. The van der Waals surface area contributed by atoms with Crippen LogP contribution >= 0.6 is 27.5 Å². The fourth-order valence-corrected chi connectivity index (χ4v) is 2.30. The summed E-state index contributed by atoms with van der Waals surface area (Å²) >= 11 is 9.12. The number of hydrogen-bond donors (Lipinski definition) is 1. The quantitative estimate of drug-likeness (QED) is 0.848. The van der Waals surface area contributed by atoms with Crippen molar-refractivity contribution in [2.24, 2.45) is 0 Å². The molecule has 2 aromatic rings. The molecular weight excluding hydrogens is 336 g/mol. The van der Waals surface area contributed by atoms with Crippen molar-refractivity contribution >= 4 is 27.5 Å². The van der Waals surface area contributed by atoms with Crippen LogP contribution in [-0.2, 0) is 13.1 Å². The topological polar surface area (TPSA) is 12.0 Å². The maximum Gasteiger partial charge on any atom is 0.142 e. The summed E-state index contributed by atoms with van der Waals surface area (Å²) in [4.78, 5) is 0. The zero-order valence-corrected chi connectivity index (χ0v) is 12.2. The van der Waals surface area contributed by atoms with Gasteiger partial charge in [-0.1, -0.05) is 39.7 Å². The number of halogens is 4. The monoisotopic (exact) mass is 345 g/mol. The van der Waals surface area contributed by atoms with Crippen molar-refractivity contribution in [3.8, 4) is 0 Å². The van der Waals surface area contributed by atoms with E-state index < -0.39 is 5.82 Å². The lowest BCUT2D eigenvalue weighted by molar-refractivity contribution is 0.585. The molecule has 0 atom stereocenters. The summed E-state index contributed by atoms with van der Waals surface area (Å²) in [5, 5.41) is 3.14. The highest BCUT2D eigenvalue weighted by Gasteiger charge is 2.06. The van der Waals surface area contributed by atoms with E-state index in [1.54, 1.807) is 24.3 Å². The van der Waals surface area contributed by atoms with Gasteiger partial charge in [0.25, 0.3) is 0 Å². The van der Waals surface area contributed by atoms with Crippen LogP contribution in [0.15, 0.2) is 40.9 Å². The molecule has 0 saturated carbocycles. The average molecular weight is 347 g/mol. The van der Waals surface area contributed by atoms with Crippen molar-refractivity contribution in [1.82, 2.24) is 5.32 Å². The van der Waals surface area contributed by atoms with E-state index in [0.29, 0.717) is 24.2 Å². The summed E-state index contributed by atoms with van der Waals surface area (Å²) in [6, 6.07) is 9.38. The van der Waals surface area contributed by atoms with Gasteiger partial charge >= 0.3 is 0 Å². The van der Waals surface area contributed by atoms with E-state index in [1.807, 2.05) is 0 Å². The summed E-state index contributed by atoms with van der Waals surface area (Å²) in [5.41, 5.74) is 1.19. The van der Waals surface area contributed by atoms with Gasteiger partial charge in [0.05, 0.1) is 5.02 Å². The molecule has 0 unspecified atom stereocenters. The summed E-state index contributed by atoms with van der Waals surface area (Å²) in [7, 11) is 0. The third-order valence-corrected chi connectivity index (χ3v) is 3.59. The van der Waals surface area contributed by atoms with Crippen LogP contribution in [-0.4, -0.2) is 0 Å². The molecular formula is C14H11BrClF2N. The number of nitrogens with one attached hydrogen (secondary N) is 1. The maximum absolute atomic E-state index is 13.5. The molecule has 0 fully saturated rings. The molecule has 0 saturated heterocycles. The second-order valence-corrected chi connectivity index (χ2v) is 5.35. The lowest BCUT2D eigenvalue weighted by Gasteiger charge is -2.08. The van der Waals surface area contributed by atoms with Gasteiger partial charge in [-0.3, -0.25) is 0 Å². The number of rotatable bonds is 4. The lowest BCUT2D eigenvalue weighted by atomic mass is 10.2. The van der Waals surface area contributed by atoms with E-state index in [-0.39, 0.29) is 10.8 Å². The molecule has 0 radical (unpaired) electrons. The Hall–Kier alpha value is -0.970. The molecule has 0 aliphatic carbocycles. The van der Waals surface area contributed by atoms with Crippen molar-refractivity contribution in [3.63, 3.8) is 0 Å². The van der Waals surface area contributed by atoms with Crippen molar-refractivity contribution in [1.29, 1.82) is 0 Å². The van der Waals surface area contributed by atoms with Crippen molar-refractivity contribution in [2.45, 2.75) is 13.1 Å². The van der Waals surface area contributed by atoms with Crippen LogP contribution in [0, 0.1) is 11.6 Å². The van der Waals surface area contributed by atoms with E-state index >= 15 is 0 Å². The van der Waals surface area contributed by atoms with Gasteiger partial charge in [0, 0.05) is 23.1 Å². The highest BCUT2D eigenvalue weighted by Crippen LogP contribution is 2.20.